The Morgan fingerprint density at radius 1 is 1.05 bits per heavy atom. The van der Waals surface area contributed by atoms with E-state index < -0.39 is 0 Å². The van der Waals surface area contributed by atoms with Gasteiger partial charge in [0.2, 0.25) is 0 Å². The van der Waals surface area contributed by atoms with Gasteiger partial charge in [-0.2, -0.15) is 0 Å². The van der Waals surface area contributed by atoms with Crippen molar-refractivity contribution in [2.45, 2.75) is 19.4 Å². The molecule has 1 aromatic heterocycles. The van der Waals surface area contributed by atoms with Crippen LogP contribution in [0.25, 0.3) is 0 Å². The molecule has 116 valence electrons. The zero-order valence-electron chi connectivity index (χ0n) is 12.6. The number of anilines is 1. The number of carbonyl (C=O) groups excluding carboxylic acids is 1. The van der Waals surface area contributed by atoms with Crippen LogP contribution in [-0.4, -0.2) is 24.0 Å². The number of benzene rings is 1. The number of carbonyl (C=O) groups is 1. The van der Waals surface area contributed by atoms with Crippen LogP contribution in [0.4, 0.5) is 5.82 Å². The van der Waals surface area contributed by atoms with Gasteiger partial charge in [-0.05, 0) is 42.7 Å². The summed E-state index contributed by atoms with van der Waals surface area (Å²) in [4.78, 5) is 16.1. The van der Waals surface area contributed by atoms with Crippen molar-refractivity contribution in [2.24, 2.45) is 5.73 Å². The molecule has 5 nitrogen and oxygen atoms in total. The molecule has 0 aliphatic heterocycles. The van der Waals surface area contributed by atoms with E-state index >= 15 is 0 Å². The molecule has 0 fully saturated rings. The van der Waals surface area contributed by atoms with E-state index in [4.69, 9.17) is 5.73 Å². The molecule has 2 aromatic rings. The topological polar surface area (TPSA) is 80.0 Å². The first-order chi connectivity index (χ1) is 10.8. The lowest BCUT2D eigenvalue weighted by Crippen LogP contribution is -2.24. The van der Waals surface area contributed by atoms with Crippen molar-refractivity contribution < 1.29 is 4.79 Å². The molecule has 0 atom stereocenters. The summed E-state index contributed by atoms with van der Waals surface area (Å²) < 4.78 is 0. The van der Waals surface area contributed by atoms with Gasteiger partial charge in [0.25, 0.3) is 5.91 Å². The highest BCUT2D eigenvalue weighted by atomic mass is 16.1. The smallest absolute Gasteiger partial charge is 0.251 e. The highest BCUT2D eigenvalue weighted by molar-refractivity contribution is 5.94. The van der Waals surface area contributed by atoms with E-state index in [2.05, 4.69) is 15.6 Å². The summed E-state index contributed by atoms with van der Waals surface area (Å²) in [7, 11) is 0. The number of unbranched alkanes of at least 4 members (excludes halogenated alkanes) is 1. The number of amides is 1. The van der Waals surface area contributed by atoms with E-state index in [0.717, 1.165) is 30.8 Å². The van der Waals surface area contributed by atoms with E-state index in [-0.39, 0.29) is 5.91 Å². The number of aromatic nitrogens is 1. The summed E-state index contributed by atoms with van der Waals surface area (Å²) >= 11 is 0. The maximum atomic E-state index is 11.9. The Hall–Kier alpha value is -2.40. The molecule has 4 N–H and O–H groups in total. The number of nitrogens with two attached hydrogens (primary N) is 1. The Morgan fingerprint density at radius 2 is 1.82 bits per heavy atom. The molecule has 0 saturated carbocycles. The molecule has 1 heterocycles. The third-order valence-corrected chi connectivity index (χ3v) is 3.31. The predicted octanol–water partition coefficient (Wildman–Crippen LogP) is 2.16. The first-order valence-corrected chi connectivity index (χ1v) is 7.51. The summed E-state index contributed by atoms with van der Waals surface area (Å²) in [5.74, 6) is 0.841. The molecular weight excluding hydrogens is 276 g/mol. The molecule has 0 aliphatic rings. The fourth-order valence-corrected chi connectivity index (χ4v) is 2.03. The number of pyridine rings is 1. The van der Waals surface area contributed by atoms with Crippen LogP contribution >= 0.6 is 0 Å². The second-order valence-electron chi connectivity index (χ2n) is 5.01. The van der Waals surface area contributed by atoms with Crippen LogP contribution in [0, 0.1) is 0 Å². The summed E-state index contributed by atoms with van der Waals surface area (Å²) in [6.07, 6.45) is 3.66. The minimum absolute atomic E-state index is 0.0405. The molecule has 0 saturated heterocycles. The van der Waals surface area contributed by atoms with Crippen LogP contribution < -0.4 is 16.4 Å². The second-order valence-corrected chi connectivity index (χ2v) is 5.01. The lowest BCUT2D eigenvalue weighted by Gasteiger charge is -2.07. The molecular formula is C17H22N4O. The highest BCUT2D eigenvalue weighted by Gasteiger charge is 2.03. The fourth-order valence-electron chi connectivity index (χ4n) is 2.03. The van der Waals surface area contributed by atoms with Gasteiger partial charge in [0.05, 0.1) is 0 Å². The monoisotopic (exact) mass is 298 g/mol. The Kier molecular flexibility index (Phi) is 6.39. The summed E-state index contributed by atoms with van der Waals surface area (Å²) in [6, 6.07) is 13.1. The van der Waals surface area contributed by atoms with Crippen molar-refractivity contribution in [3.63, 3.8) is 0 Å². The number of hydrogen-bond acceptors (Lipinski definition) is 4. The Morgan fingerprint density at radius 3 is 2.50 bits per heavy atom. The van der Waals surface area contributed by atoms with Gasteiger partial charge in [-0.1, -0.05) is 18.2 Å². The van der Waals surface area contributed by atoms with Crippen LogP contribution in [0.15, 0.2) is 48.7 Å². The van der Waals surface area contributed by atoms with E-state index in [9.17, 15) is 4.79 Å². The second kappa shape index (κ2) is 8.79. The predicted molar refractivity (Wildman–Crippen MR) is 88.6 cm³/mol. The lowest BCUT2D eigenvalue weighted by atomic mass is 10.1. The average molecular weight is 298 g/mol. The Bertz CT molecular complexity index is 569. The summed E-state index contributed by atoms with van der Waals surface area (Å²) in [5.41, 5.74) is 7.23. The van der Waals surface area contributed by atoms with Crippen molar-refractivity contribution in [3.05, 3.63) is 59.8 Å². The molecule has 5 heteroatoms. The number of rotatable bonds is 8. The van der Waals surface area contributed by atoms with Crippen LogP contribution in [0.2, 0.25) is 0 Å². The fraction of sp³-hybridized carbons (Fsp3) is 0.294. The number of nitrogens with zero attached hydrogens (tertiary/aromatic N) is 1. The van der Waals surface area contributed by atoms with Crippen LogP contribution in [0.5, 0.6) is 0 Å². The first-order valence-electron chi connectivity index (χ1n) is 7.51. The van der Waals surface area contributed by atoms with Gasteiger partial charge in [-0.15, -0.1) is 0 Å². The quantitative estimate of drug-likeness (QED) is 0.652. The van der Waals surface area contributed by atoms with E-state index in [1.165, 1.54) is 0 Å². The van der Waals surface area contributed by atoms with Gasteiger partial charge in [0.1, 0.15) is 5.82 Å². The highest BCUT2D eigenvalue weighted by Crippen LogP contribution is 2.04. The van der Waals surface area contributed by atoms with E-state index in [1.54, 1.807) is 18.3 Å². The van der Waals surface area contributed by atoms with Gasteiger partial charge in [-0.25, -0.2) is 4.98 Å². The van der Waals surface area contributed by atoms with Gasteiger partial charge in [0.15, 0.2) is 0 Å². The molecule has 1 aromatic carbocycles. The molecule has 0 spiro atoms. The van der Waals surface area contributed by atoms with E-state index in [0.29, 0.717) is 18.7 Å². The van der Waals surface area contributed by atoms with Crippen LogP contribution in [0.3, 0.4) is 0 Å². The number of nitrogens with one attached hydrogen (secondary N) is 2. The van der Waals surface area contributed by atoms with Crippen LogP contribution in [-0.2, 0) is 6.54 Å². The molecule has 2 rings (SSSR count). The van der Waals surface area contributed by atoms with Crippen molar-refractivity contribution in [3.8, 4) is 0 Å². The third kappa shape index (κ3) is 5.18. The minimum atomic E-state index is -0.0405. The third-order valence-electron chi connectivity index (χ3n) is 3.31. The Balaban J connectivity index is 1.60. The van der Waals surface area contributed by atoms with Crippen molar-refractivity contribution in [2.75, 3.05) is 18.4 Å². The summed E-state index contributed by atoms with van der Waals surface area (Å²) in [5, 5.41) is 6.16. The largest absolute Gasteiger partial charge is 0.370 e. The summed E-state index contributed by atoms with van der Waals surface area (Å²) in [6.45, 7) is 2.00. The maximum absolute atomic E-state index is 11.9. The maximum Gasteiger partial charge on any atom is 0.251 e. The zero-order valence-corrected chi connectivity index (χ0v) is 12.6. The van der Waals surface area contributed by atoms with Crippen molar-refractivity contribution >= 4 is 11.7 Å². The first kappa shape index (κ1) is 16.0. The molecule has 22 heavy (non-hydrogen) atoms. The normalized spacial score (nSPS) is 10.2. The SMILES string of the molecule is NCc1ccc(C(=O)NCCCCNc2ccccn2)cc1. The molecule has 0 aliphatic carbocycles. The number of hydrogen-bond donors (Lipinski definition) is 3. The standard InChI is InChI=1S/C17H22N4O/c18-13-14-6-8-15(9-7-14)17(22)21-12-4-3-11-20-16-5-1-2-10-19-16/h1-2,5-10H,3-4,11-13,18H2,(H,19,20)(H,21,22). The molecule has 0 radical (unpaired) electrons. The zero-order chi connectivity index (χ0) is 15.6. The molecule has 0 unspecified atom stereocenters. The van der Waals surface area contributed by atoms with Gasteiger partial charge >= 0.3 is 0 Å². The van der Waals surface area contributed by atoms with Gasteiger partial charge in [-0.3, -0.25) is 4.79 Å². The minimum Gasteiger partial charge on any atom is -0.370 e. The Labute approximate surface area is 130 Å². The van der Waals surface area contributed by atoms with Crippen molar-refractivity contribution in [1.29, 1.82) is 0 Å². The van der Waals surface area contributed by atoms with E-state index in [1.807, 2.05) is 30.3 Å². The van der Waals surface area contributed by atoms with Gasteiger partial charge < -0.3 is 16.4 Å². The average Bonchev–Trinajstić information content (AvgIpc) is 2.58. The van der Waals surface area contributed by atoms with Crippen LogP contribution in [0.1, 0.15) is 28.8 Å². The molecule has 0 bridgehead atoms. The van der Waals surface area contributed by atoms with Crippen molar-refractivity contribution in [1.82, 2.24) is 10.3 Å². The molecule has 1 amide bonds. The van der Waals surface area contributed by atoms with Gasteiger partial charge in [0, 0.05) is 31.4 Å². The lowest BCUT2D eigenvalue weighted by molar-refractivity contribution is 0.0953.